The standard InChI is InChI=1S/C17H18N2O/c1-3-16-14(13-6-4-5-7-17(13)20-16)10-19-15-11-18-9-8-12(15)2/h4-9,11,19H,3,10H2,1-2H3. The van der Waals surface area contributed by atoms with Crippen LogP contribution in [0.25, 0.3) is 11.0 Å². The summed E-state index contributed by atoms with van der Waals surface area (Å²) in [5.74, 6) is 1.06. The van der Waals surface area contributed by atoms with Crippen LogP contribution >= 0.6 is 0 Å². The summed E-state index contributed by atoms with van der Waals surface area (Å²) in [4.78, 5) is 4.16. The third kappa shape index (κ3) is 2.27. The van der Waals surface area contributed by atoms with Gasteiger partial charge in [0.1, 0.15) is 11.3 Å². The Hall–Kier alpha value is -2.29. The molecule has 3 aromatic rings. The number of furan rings is 1. The van der Waals surface area contributed by atoms with Gasteiger partial charge in [0, 0.05) is 30.1 Å². The molecule has 1 aromatic carbocycles. The Kier molecular flexibility index (Phi) is 3.42. The van der Waals surface area contributed by atoms with Gasteiger partial charge >= 0.3 is 0 Å². The van der Waals surface area contributed by atoms with E-state index in [-0.39, 0.29) is 0 Å². The number of aromatic nitrogens is 1. The molecule has 0 atom stereocenters. The van der Waals surface area contributed by atoms with Crippen LogP contribution in [0.3, 0.4) is 0 Å². The van der Waals surface area contributed by atoms with E-state index in [0.29, 0.717) is 0 Å². The molecule has 0 bridgehead atoms. The Bertz CT molecular complexity index is 731. The molecule has 20 heavy (non-hydrogen) atoms. The molecule has 0 unspecified atom stereocenters. The average molecular weight is 266 g/mol. The van der Waals surface area contributed by atoms with E-state index in [4.69, 9.17) is 4.42 Å². The van der Waals surface area contributed by atoms with Gasteiger partial charge in [-0.2, -0.15) is 0 Å². The normalized spacial score (nSPS) is 10.9. The number of aryl methyl sites for hydroxylation is 2. The first-order valence-corrected chi connectivity index (χ1v) is 6.93. The SMILES string of the molecule is CCc1oc2ccccc2c1CNc1cnccc1C. The highest BCUT2D eigenvalue weighted by atomic mass is 16.3. The molecule has 2 aromatic heterocycles. The minimum atomic E-state index is 0.757. The summed E-state index contributed by atoms with van der Waals surface area (Å²) in [5.41, 5.74) is 4.47. The lowest BCUT2D eigenvalue weighted by molar-refractivity contribution is 0.551. The van der Waals surface area contributed by atoms with Crippen molar-refractivity contribution in [3.05, 3.63) is 59.6 Å². The highest BCUT2D eigenvalue weighted by molar-refractivity contribution is 5.82. The van der Waals surface area contributed by atoms with Crippen molar-refractivity contribution in [3.8, 4) is 0 Å². The Morgan fingerprint density at radius 3 is 2.85 bits per heavy atom. The quantitative estimate of drug-likeness (QED) is 0.764. The molecule has 0 aliphatic rings. The molecule has 3 heteroatoms. The van der Waals surface area contributed by atoms with Crippen molar-refractivity contribution in [2.45, 2.75) is 26.8 Å². The second kappa shape index (κ2) is 5.37. The highest BCUT2D eigenvalue weighted by Gasteiger charge is 2.12. The zero-order chi connectivity index (χ0) is 13.9. The second-order valence-electron chi connectivity index (χ2n) is 4.90. The zero-order valence-corrected chi connectivity index (χ0v) is 11.8. The average Bonchev–Trinajstić information content (AvgIpc) is 2.84. The predicted molar refractivity (Wildman–Crippen MR) is 81.9 cm³/mol. The highest BCUT2D eigenvalue weighted by Crippen LogP contribution is 2.27. The number of anilines is 1. The van der Waals surface area contributed by atoms with Gasteiger partial charge in [-0.15, -0.1) is 0 Å². The Balaban J connectivity index is 1.92. The molecule has 0 fully saturated rings. The minimum Gasteiger partial charge on any atom is -0.461 e. The zero-order valence-electron chi connectivity index (χ0n) is 11.8. The van der Waals surface area contributed by atoms with Gasteiger partial charge in [0.2, 0.25) is 0 Å². The maximum atomic E-state index is 5.91. The van der Waals surface area contributed by atoms with Crippen LogP contribution in [0.5, 0.6) is 0 Å². The van der Waals surface area contributed by atoms with Crippen molar-refractivity contribution in [2.24, 2.45) is 0 Å². The Morgan fingerprint density at radius 2 is 2.05 bits per heavy atom. The second-order valence-corrected chi connectivity index (χ2v) is 4.90. The number of hydrogen-bond acceptors (Lipinski definition) is 3. The summed E-state index contributed by atoms with van der Waals surface area (Å²) in [6.07, 6.45) is 4.58. The number of nitrogens with zero attached hydrogens (tertiary/aromatic N) is 1. The lowest BCUT2D eigenvalue weighted by Gasteiger charge is -2.08. The van der Waals surface area contributed by atoms with Crippen LogP contribution in [0.15, 0.2) is 47.1 Å². The van der Waals surface area contributed by atoms with Gasteiger partial charge in [0.25, 0.3) is 0 Å². The van der Waals surface area contributed by atoms with E-state index in [1.807, 2.05) is 30.6 Å². The van der Waals surface area contributed by atoms with Crippen molar-refractivity contribution in [1.29, 1.82) is 0 Å². The van der Waals surface area contributed by atoms with Gasteiger partial charge in [-0.1, -0.05) is 25.1 Å². The fourth-order valence-electron chi connectivity index (χ4n) is 2.46. The summed E-state index contributed by atoms with van der Waals surface area (Å²) >= 11 is 0. The smallest absolute Gasteiger partial charge is 0.134 e. The van der Waals surface area contributed by atoms with Crippen molar-refractivity contribution < 1.29 is 4.42 Å². The maximum Gasteiger partial charge on any atom is 0.134 e. The molecule has 2 heterocycles. The van der Waals surface area contributed by atoms with Crippen molar-refractivity contribution in [3.63, 3.8) is 0 Å². The summed E-state index contributed by atoms with van der Waals surface area (Å²) in [6.45, 7) is 4.96. The van der Waals surface area contributed by atoms with E-state index >= 15 is 0 Å². The monoisotopic (exact) mass is 266 g/mol. The molecule has 0 saturated carbocycles. The van der Waals surface area contributed by atoms with Crippen molar-refractivity contribution in [1.82, 2.24) is 4.98 Å². The number of pyridine rings is 1. The first-order chi connectivity index (χ1) is 9.79. The predicted octanol–water partition coefficient (Wildman–Crippen LogP) is 4.31. The van der Waals surface area contributed by atoms with E-state index in [1.165, 1.54) is 16.5 Å². The van der Waals surface area contributed by atoms with Gasteiger partial charge in [0.15, 0.2) is 0 Å². The van der Waals surface area contributed by atoms with Crippen LogP contribution in [0.1, 0.15) is 23.8 Å². The van der Waals surface area contributed by atoms with E-state index < -0.39 is 0 Å². The van der Waals surface area contributed by atoms with Crippen LogP contribution in [0.4, 0.5) is 5.69 Å². The van der Waals surface area contributed by atoms with E-state index in [9.17, 15) is 0 Å². The van der Waals surface area contributed by atoms with E-state index in [1.54, 1.807) is 0 Å². The van der Waals surface area contributed by atoms with Crippen LogP contribution < -0.4 is 5.32 Å². The van der Waals surface area contributed by atoms with Crippen LogP contribution in [0, 0.1) is 6.92 Å². The summed E-state index contributed by atoms with van der Waals surface area (Å²) in [6, 6.07) is 10.2. The van der Waals surface area contributed by atoms with Gasteiger partial charge < -0.3 is 9.73 Å². The first kappa shape index (κ1) is 12.7. The number of nitrogens with one attached hydrogen (secondary N) is 1. The van der Waals surface area contributed by atoms with E-state index in [2.05, 4.69) is 36.3 Å². The molecule has 0 saturated heterocycles. The van der Waals surface area contributed by atoms with Crippen LogP contribution in [-0.2, 0) is 13.0 Å². The number of fused-ring (bicyclic) bond motifs is 1. The number of rotatable bonds is 4. The fourth-order valence-corrected chi connectivity index (χ4v) is 2.46. The summed E-state index contributed by atoms with van der Waals surface area (Å²) in [5, 5.41) is 4.65. The molecule has 1 N–H and O–H groups in total. The third-order valence-corrected chi connectivity index (χ3v) is 3.60. The number of hydrogen-bond donors (Lipinski definition) is 1. The molecule has 3 nitrogen and oxygen atoms in total. The number of para-hydroxylation sites is 1. The molecule has 102 valence electrons. The maximum absolute atomic E-state index is 5.91. The lowest BCUT2D eigenvalue weighted by Crippen LogP contribution is -2.02. The van der Waals surface area contributed by atoms with Gasteiger partial charge in [-0.3, -0.25) is 4.98 Å². The molecule has 0 spiro atoms. The van der Waals surface area contributed by atoms with Gasteiger partial charge in [-0.25, -0.2) is 0 Å². The topological polar surface area (TPSA) is 38.1 Å². The minimum absolute atomic E-state index is 0.757. The van der Waals surface area contributed by atoms with Gasteiger partial charge in [-0.05, 0) is 24.6 Å². The van der Waals surface area contributed by atoms with Crippen molar-refractivity contribution >= 4 is 16.7 Å². The van der Waals surface area contributed by atoms with Gasteiger partial charge in [0.05, 0.1) is 11.9 Å². The fraction of sp³-hybridized carbons (Fsp3) is 0.235. The third-order valence-electron chi connectivity index (χ3n) is 3.60. The number of benzene rings is 1. The molecular formula is C17H18N2O. The lowest BCUT2D eigenvalue weighted by atomic mass is 10.1. The Labute approximate surface area is 118 Å². The molecule has 0 radical (unpaired) electrons. The largest absolute Gasteiger partial charge is 0.461 e. The summed E-state index contributed by atoms with van der Waals surface area (Å²) in [7, 11) is 0. The molecule has 0 amide bonds. The van der Waals surface area contributed by atoms with Crippen LogP contribution in [-0.4, -0.2) is 4.98 Å². The van der Waals surface area contributed by atoms with Crippen molar-refractivity contribution in [2.75, 3.05) is 5.32 Å². The molecule has 0 aliphatic heterocycles. The molecular weight excluding hydrogens is 248 g/mol. The van der Waals surface area contributed by atoms with Crippen LogP contribution in [0.2, 0.25) is 0 Å². The summed E-state index contributed by atoms with van der Waals surface area (Å²) < 4.78 is 5.91. The first-order valence-electron chi connectivity index (χ1n) is 6.93. The molecule has 3 rings (SSSR count). The van der Waals surface area contributed by atoms with E-state index in [0.717, 1.165) is 30.0 Å². The molecule has 0 aliphatic carbocycles. The Morgan fingerprint density at radius 1 is 1.20 bits per heavy atom.